The number of aromatic nitrogens is 2. The molecule has 0 aliphatic carbocycles. The van der Waals surface area contributed by atoms with Gasteiger partial charge in [0, 0.05) is 30.1 Å². The lowest BCUT2D eigenvalue weighted by molar-refractivity contribution is 0.585. The van der Waals surface area contributed by atoms with Gasteiger partial charge in [-0.2, -0.15) is 0 Å². The van der Waals surface area contributed by atoms with Crippen LogP contribution in [0.4, 0.5) is 0 Å². The van der Waals surface area contributed by atoms with Gasteiger partial charge in [-0.1, -0.05) is 42.5 Å². The number of nitrogens with zero attached hydrogens (tertiary/aromatic N) is 2. The molecule has 4 rings (SSSR count). The van der Waals surface area contributed by atoms with Gasteiger partial charge in [-0.05, 0) is 23.6 Å². The molecule has 0 spiro atoms. The van der Waals surface area contributed by atoms with Crippen LogP contribution in [0.15, 0.2) is 83.0 Å². The molecule has 0 unspecified atom stereocenters. The van der Waals surface area contributed by atoms with E-state index in [0.717, 1.165) is 21.4 Å². The third kappa shape index (κ3) is 4.11. The molecule has 0 aliphatic rings. The molecule has 8 heteroatoms. The van der Waals surface area contributed by atoms with Gasteiger partial charge in [0.1, 0.15) is 5.65 Å². The predicted molar refractivity (Wildman–Crippen MR) is 112 cm³/mol. The number of fused-ring (bicyclic) bond motifs is 2. The number of imidazole rings is 1. The van der Waals surface area contributed by atoms with Gasteiger partial charge in [0.25, 0.3) is 0 Å². The summed E-state index contributed by atoms with van der Waals surface area (Å²) >= 11 is 1.59. The van der Waals surface area contributed by atoms with E-state index in [0.29, 0.717) is 17.2 Å². The van der Waals surface area contributed by atoms with Gasteiger partial charge in [0.15, 0.2) is 0 Å². The van der Waals surface area contributed by atoms with Crippen LogP contribution in [0.3, 0.4) is 0 Å². The highest BCUT2D eigenvalue weighted by Gasteiger charge is 2.16. The van der Waals surface area contributed by atoms with E-state index in [1.54, 1.807) is 30.1 Å². The Bertz CT molecular complexity index is 1170. The average Bonchev–Trinajstić information content (AvgIpc) is 3.14. The number of halogens is 1. The Morgan fingerprint density at radius 2 is 1.78 bits per heavy atom. The molecule has 2 aromatic carbocycles. The summed E-state index contributed by atoms with van der Waals surface area (Å²) in [6.07, 6.45) is 3.65. The zero-order valence-corrected chi connectivity index (χ0v) is 16.7. The van der Waals surface area contributed by atoms with E-state index in [4.69, 9.17) is 0 Å². The van der Waals surface area contributed by atoms with Crippen molar-refractivity contribution in [3.63, 3.8) is 0 Å². The van der Waals surface area contributed by atoms with Gasteiger partial charge in [-0.3, -0.25) is 4.40 Å². The summed E-state index contributed by atoms with van der Waals surface area (Å²) in [6, 6.07) is 18.7. The first-order chi connectivity index (χ1) is 12.6. The van der Waals surface area contributed by atoms with Crippen LogP contribution in [0, 0.1) is 0 Å². The first-order valence-electron chi connectivity index (χ1n) is 8.17. The normalized spacial score (nSPS) is 11.6. The largest absolute Gasteiger partial charge is 0.294 e. The standard InChI is InChI=1S/C19H17N3O2S2.ClH/c23-26(24,17-8-3-6-15-5-1-2-7-16(15)17)21-12-14-25-19-10-4-9-18-20-11-13-22(18)19;/h1-11,13,21H,12,14H2;1H. The second kappa shape index (κ2) is 8.31. The maximum atomic E-state index is 12.7. The smallest absolute Gasteiger partial charge is 0.241 e. The van der Waals surface area contributed by atoms with Gasteiger partial charge < -0.3 is 0 Å². The molecule has 27 heavy (non-hydrogen) atoms. The maximum Gasteiger partial charge on any atom is 0.241 e. The van der Waals surface area contributed by atoms with Gasteiger partial charge in [0.05, 0.1) is 9.92 Å². The van der Waals surface area contributed by atoms with Crippen LogP contribution in [0.2, 0.25) is 0 Å². The number of sulfonamides is 1. The maximum absolute atomic E-state index is 12.7. The minimum absolute atomic E-state index is 0. The molecule has 0 saturated heterocycles. The van der Waals surface area contributed by atoms with E-state index in [1.807, 2.05) is 59.1 Å². The monoisotopic (exact) mass is 419 g/mol. The van der Waals surface area contributed by atoms with Crippen molar-refractivity contribution in [3.05, 3.63) is 73.1 Å². The number of rotatable bonds is 6. The van der Waals surface area contributed by atoms with Crippen molar-refractivity contribution >= 4 is 50.6 Å². The number of thioether (sulfide) groups is 1. The summed E-state index contributed by atoms with van der Waals surface area (Å²) in [7, 11) is -3.56. The zero-order chi connectivity index (χ0) is 18.0. The van der Waals surface area contributed by atoms with E-state index in [9.17, 15) is 8.42 Å². The molecular weight excluding hydrogens is 402 g/mol. The number of hydrogen-bond donors (Lipinski definition) is 1. The van der Waals surface area contributed by atoms with Gasteiger partial charge >= 0.3 is 0 Å². The number of benzene rings is 2. The van der Waals surface area contributed by atoms with Crippen LogP contribution < -0.4 is 4.72 Å². The van der Waals surface area contributed by atoms with Gasteiger partial charge in [-0.15, -0.1) is 24.2 Å². The van der Waals surface area contributed by atoms with E-state index in [2.05, 4.69) is 9.71 Å². The molecular formula is C19H18ClN3O2S2. The van der Waals surface area contributed by atoms with Crippen LogP contribution in [0.1, 0.15) is 0 Å². The van der Waals surface area contributed by atoms with E-state index < -0.39 is 10.0 Å². The van der Waals surface area contributed by atoms with Crippen LogP contribution in [-0.4, -0.2) is 30.1 Å². The Morgan fingerprint density at radius 3 is 2.67 bits per heavy atom. The molecule has 0 atom stereocenters. The van der Waals surface area contributed by atoms with Crippen molar-refractivity contribution in [3.8, 4) is 0 Å². The molecule has 4 aromatic rings. The Kier molecular flexibility index (Phi) is 6.06. The van der Waals surface area contributed by atoms with Crippen molar-refractivity contribution in [2.24, 2.45) is 0 Å². The highest BCUT2D eigenvalue weighted by atomic mass is 35.5. The lowest BCUT2D eigenvalue weighted by Crippen LogP contribution is -2.26. The van der Waals surface area contributed by atoms with Gasteiger partial charge in [-0.25, -0.2) is 18.1 Å². The first-order valence-corrected chi connectivity index (χ1v) is 10.6. The van der Waals surface area contributed by atoms with Crippen molar-refractivity contribution in [1.29, 1.82) is 0 Å². The lowest BCUT2D eigenvalue weighted by atomic mass is 10.1. The quantitative estimate of drug-likeness (QED) is 0.379. The fourth-order valence-electron chi connectivity index (χ4n) is 2.88. The summed E-state index contributed by atoms with van der Waals surface area (Å²) in [5, 5.41) is 2.68. The van der Waals surface area contributed by atoms with Crippen LogP contribution in [0.25, 0.3) is 16.4 Å². The molecule has 5 nitrogen and oxygen atoms in total. The van der Waals surface area contributed by atoms with Crippen molar-refractivity contribution in [2.75, 3.05) is 12.3 Å². The third-order valence-electron chi connectivity index (χ3n) is 4.07. The molecule has 0 saturated carbocycles. The third-order valence-corrected chi connectivity index (χ3v) is 6.63. The highest BCUT2D eigenvalue weighted by molar-refractivity contribution is 7.99. The predicted octanol–water partition coefficient (Wildman–Crippen LogP) is 3.98. The van der Waals surface area contributed by atoms with Crippen LogP contribution >= 0.6 is 24.2 Å². The second-order valence-corrected chi connectivity index (χ2v) is 8.59. The average molecular weight is 420 g/mol. The van der Waals surface area contributed by atoms with Crippen molar-refractivity contribution in [1.82, 2.24) is 14.1 Å². The molecule has 2 heterocycles. The molecule has 0 bridgehead atoms. The summed E-state index contributed by atoms with van der Waals surface area (Å²) in [4.78, 5) is 4.57. The minimum atomic E-state index is -3.56. The summed E-state index contributed by atoms with van der Waals surface area (Å²) in [6.45, 7) is 0.349. The number of hydrogen-bond acceptors (Lipinski definition) is 4. The first kappa shape index (κ1) is 19.7. The number of pyridine rings is 1. The molecule has 2 aromatic heterocycles. The highest BCUT2D eigenvalue weighted by Crippen LogP contribution is 2.23. The molecule has 0 aliphatic heterocycles. The van der Waals surface area contributed by atoms with Gasteiger partial charge in [0.2, 0.25) is 10.0 Å². The molecule has 140 valence electrons. The lowest BCUT2D eigenvalue weighted by Gasteiger charge is -2.10. The topological polar surface area (TPSA) is 63.5 Å². The van der Waals surface area contributed by atoms with E-state index >= 15 is 0 Å². The molecule has 0 amide bonds. The Balaban J connectivity index is 0.00000210. The summed E-state index contributed by atoms with van der Waals surface area (Å²) in [5.41, 5.74) is 0.881. The minimum Gasteiger partial charge on any atom is -0.294 e. The fourth-order valence-corrected chi connectivity index (χ4v) is 5.15. The molecule has 1 N–H and O–H groups in total. The summed E-state index contributed by atoms with van der Waals surface area (Å²) in [5.74, 6) is 0.626. The molecule has 0 fully saturated rings. The SMILES string of the molecule is Cl.O=S(=O)(NCCSc1cccc2nccn12)c1cccc2ccccc12. The molecule has 0 radical (unpaired) electrons. The van der Waals surface area contributed by atoms with E-state index in [-0.39, 0.29) is 12.4 Å². The van der Waals surface area contributed by atoms with Crippen LogP contribution in [-0.2, 0) is 10.0 Å². The Labute approximate surface area is 168 Å². The Hall–Kier alpha value is -2.06. The van der Waals surface area contributed by atoms with Crippen molar-refractivity contribution < 1.29 is 8.42 Å². The second-order valence-electron chi connectivity index (χ2n) is 5.74. The van der Waals surface area contributed by atoms with Crippen molar-refractivity contribution in [2.45, 2.75) is 9.92 Å². The van der Waals surface area contributed by atoms with Crippen LogP contribution in [0.5, 0.6) is 0 Å². The zero-order valence-electron chi connectivity index (χ0n) is 14.3. The summed E-state index contributed by atoms with van der Waals surface area (Å²) < 4.78 is 30.1. The van der Waals surface area contributed by atoms with E-state index in [1.165, 1.54) is 0 Å². The number of nitrogens with one attached hydrogen (secondary N) is 1. The Morgan fingerprint density at radius 1 is 1.00 bits per heavy atom. The fraction of sp³-hybridized carbons (Fsp3) is 0.105.